The zero-order valence-corrected chi connectivity index (χ0v) is 11.9. The third kappa shape index (κ3) is 3.26. The number of anilines is 1. The first-order valence-corrected chi connectivity index (χ1v) is 6.89. The second-order valence-electron chi connectivity index (χ2n) is 5.28. The molecule has 0 radical (unpaired) electrons. The number of non-ortho nitro benzene ring substituents is 1. The molecule has 2 atom stereocenters. The Morgan fingerprint density at radius 3 is 2.95 bits per heavy atom. The number of nitrogens with two attached hydrogens (primary N) is 1. The average Bonchev–Trinajstić information content (AvgIpc) is 2.41. The molecule has 1 aliphatic rings. The van der Waals surface area contributed by atoms with Gasteiger partial charge < -0.3 is 10.5 Å². The number of nitrogens with zero attached hydrogens (tertiary/aromatic N) is 2. The van der Waals surface area contributed by atoms with Crippen LogP contribution in [0.25, 0.3) is 0 Å². The normalized spacial score (nSPS) is 23.7. The molecule has 110 valence electrons. The number of hydrogen-bond acceptors (Lipinski definition) is 5. The van der Waals surface area contributed by atoms with Crippen LogP contribution in [0.4, 0.5) is 11.4 Å². The number of benzene rings is 1. The van der Waals surface area contributed by atoms with Crippen LogP contribution in [0.2, 0.25) is 0 Å². The first-order chi connectivity index (χ1) is 9.51. The Morgan fingerprint density at radius 1 is 1.55 bits per heavy atom. The Kier molecular flexibility index (Phi) is 4.57. The van der Waals surface area contributed by atoms with Gasteiger partial charge in [-0.3, -0.25) is 15.0 Å². The summed E-state index contributed by atoms with van der Waals surface area (Å²) in [6.45, 7) is 6.30. The standard InChI is InChI=1S/C14H21N3O3/c1-3-12-9-20-10(2)7-16(12)8-11-6-13(17(18)19)4-5-14(11)15/h4-6,10,12H,3,7-9,15H2,1-2H3. The number of ether oxygens (including phenoxy) is 1. The fraction of sp³-hybridized carbons (Fsp3) is 0.571. The van der Waals surface area contributed by atoms with Crippen LogP contribution in [-0.2, 0) is 11.3 Å². The minimum Gasteiger partial charge on any atom is -0.398 e. The predicted molar refractivity (Wildman–Crippen MR) is 77.4 cm³/mol. The van der Waals surface area contributed by atoms with Gasteiger partial charge in [0.25, 0.3) is 5.69 Å². The van der Waals surface area contributed by atoms with Crippen LogP contribution in [0, 0.1) is 10.1 Å². The lowest BCUT2D eigenvalue weighted by atomic mass is 10.1. The highest BCUT2D eigenvalue weighted by atomic mass is 16.6. The van der Waals surface area contributed by atoms with Crippen molar-refractivity contribution in [2.75, 3.05) is 18.9 Å². The van der Waals surface area contributed by atoms with E-state index in [2.05, 4.69) is 11.8 Å². The number of morpholine rings is 1. The van der Waals surface area contributed by atoms with E-state index in [1.165, 1.54) is 6.07 Å². The molecule has 0 amide bonds. The lowest BCUT2D eigenvalue weighted by Crippen LogP contribution is -2.47. The lowest BCUT2D eigenvalue weighted by Gasteiger charge is -2.38. The quantitative estimate of drug-likeness (QED) is 0.519. The maximum atomic E-state index is 10.9. The topological polar surface area (TPSA) is 81.6 Å². The summed E-state index contributed by atoms with van der Waals surface area (Å²) in [4.78, 5) is 12.8. The van der Waals surface area contributed by atoms with Gasteiger partial charge in [-0.1, -0.05) is 6.92 Å². The maximum absolute atomic E-state index is 10.9. The molecule has 6 heteroatoms. The number of hydrogen-bond donors (Lipinski definition) is 1. The molecule has 2 rings (SSSR count). The van der Waals surface area contributed by atoms with Crippen LogP contribution in [0.3, 0.4) is 0 Å². The molecule has 2 unspecified atom stereocenters. The number of nitrogen functional groups attached to an aromatic ring is 1. The maximum Gasteiger partial charge on any atom is 0.269 e. The van der Waals surface area contributed by atoms with Gasteiger partial charge in [0.2, 0.25) is 0 Å². The SMILES string of the molecule is CCC1COC(C)CN1Cc1cc([N+](=O)[O-])ccc1N. The van der Waals surface area contributed by atoms with Gasteiger partial charge >= 0.3 is 0 Å². The summed E-state index contributed by atoms with van der Waals surface area (Å²) >= 11 is 0. The minimum absolute atomic E-state index is 0.0866. The van der Waals surface area contributed by atoms with Gasteiger partial charge in [-0.05, 0) is 25.0 Å². The minimum atomic E-state index is -0.387. The van der Waals surface area contributed by atoms with Crippen molar-refractivity contribution in [3.8, 4) is 0 Å². The lowest BCUT2D eigenvalue weighted by molar-refractivity contribution is -0.384. The molecular formula is C14H21N3O3. The molecular weight excluding hydrogens is 258 g/mol. The Bertz CT molecular complexity index is 493. The van der Waals surface area contributed by atoms with Gasteiger partial charge in [0.15, 0.2) is 0 Å². The molecule has 1 fully saturated rings. The van der Waals surface area contributed by atoms with Crippen molar-refractivity contribution in [1.29, 1.82) is 0 Å². The van der Waals surface area contributed by atoms with Gasteiger partial charge in [0, 0.05) is 37.0 Å². The van der Waals surface area contributed by atoms with E-state index in [0.29, 0.717) is 24.9 Å². The summed E-state index contributed by atoms with van der Waals surface area (Å²) in [5.74, 6) is 0. The van der Waals surface area contributed by atoms with Crippen molar-refractivity contribution in [1.82, 2.24) is 4.90 Å². The van der Waals surface area contributed by atoms with Gasteiger partial charge in [-0.25, -0.2) is 0 Å². The second-order valence-corrected chi connectivity index (χ2v) is 5.28. The molecule has 1 aromatic rings. The van der Waals surface area contributed by atoms with Crippen LogP contribution in [0.15, 0.2) is 18.2 Å². The van der Waals surface area contributed by atoms with Crippen LogP contribution >= 0.6 is 0 Å². The first-order valence-electron chi connectivity index (χ1n) is 6.89. The van der Waals surface area contributed by atoms with Crippen molar-refractivity contribution in [3.63, 3.8) is 0 Å². The molecule has 0 saturated carbocycles. The number of nitro benzene ring substituents is 1. The number of nitro groups is 1. The van der Waals surface area contributed by atoms with Crippen LogP contribution in [-0.4, -0.2) is 35.1 Å². The van der Waals surface area contributed by atoms with Crippen molar-refractivity contribution in [2.45, 2.75) is 39.0 Å². The van der Waals surface area contributed by atoms with E-state index in [1.54, 1.807) is 12.1 Å². The highest BCUT2D eigenvalue weighted by Gasteiger charge is 2.26. The Hall–Kier alpha value is -1.66. The highest BCUT2D eigenvalue weighted by Crippen LogP contribution is 2.24. The monoisotopic (exact) mass is 279 g/mol. The third-order valence-corrected chi connectivity index (χ3v) is 3.76. The van der Waals surface area contributed by atoms with Gasteiger partial charge in [-0.2, -0.15) is 0 Å². The van der Waals surface area contributed by atoms with E-state index in [0.717, 1.165) is 18.5 Å². The fourth-order valence-corrected chi connectivity index (χ4v) is 2.54. The summed E-state index contributed by atoms with van der Waals surface area (Å²) in [5.41, 5.74) is 7.45. The molecule has 6 nitrogen and oxygen atoms in total. The van der Waals surface area contributed by atoms with Gasteiger partial charge in [0.05, 0.1) is 17.6 Å². The smallest absolute Gasteiger partial charge is 0.269 e. The van der Waals surface area contributed by atoms with E-state index in [9.17, 15) is 10.1 Å². The molecule has 0 bridgehead atoms. The number of rotatable bonds is 4. The zero-order chi connectivity index (χ0) is 14.7. The van der Waals surface area contributed by atoms with Crippen molar-refractivity contribution < 1.29 is 9.66 Å². The summed E-state index contributed by atoms with van der Waals surface area (Å²) in [6, 6.07) is 4.96. The average molecular weight is 279 g/mol. The largest absolute Gasteiger partial charge is 0.398 e. The zero-order valence-electron chi connectivity index (χ0n) is 11.9. The van der Waals surface area contributed by atoms with Crippen molar-refractivity contribution >= 4 is 11.4 Å². The summed E-state index contributed by atoms with van der Waals surface area (Å²) in [6.07, 6.45) is 1.17. The molecule has 1 heterocycles. The summed E-state index contributed by atoms with van der Waals surface area (Å²) in [5, 5.41) is 10.9. The first kappa shape index (κ1) is 14.7. The Balaban J connectivity index is 2.19. The van der Waals surface area contributed by atoms with E-state index in [4.69, 9.17) is 10.5 Å². The van der Waals surface area contributed by atoms with Crippen molar-refractivity contribution in [3.05, 3.63) is 33.9 Å². The third-order valence-electron chi connectivity index (χ3n) is 3.76. The fourth-order valence-electron chi connectivity index (χ4n) is 2.54. The van der Waals surface area contributed by atoms with Gasteiger partial charge in [-0.15, -0.1) is 0 Å². The highest BCUT2D eigenvalue weighted by molar-refractivity contribution is 5.52. The molecule has 0 spiro atoms. The van der Waals surface area contributed by atoms with E-state index < -0.39 is 0 Å². The van der Waals surface area contributed by atoms with E-state index in [-0.39, 0.29) is 16.7 Å². The second kappa shape index (κ2) is 6.19. The molecule has 2 N–H and O–H groups in total. The van der Waals surface area contributed by atoms with E-state index in [1.807, 2.05) is 6.92 Å². The van der Waals surface area contributed by atoms with Gasteiger partial charge in [0.1, 0.15) is 0 Å². The van der Waals surface area contributed by atoms with Crippen LogP contribution in [0.1, 0.15) is 25.8 Å². The predicted octanol–water partition coefficient (Wildman–Crippen LogP) is 2.18. The Morgan fingerprint density at radius 2 is 2.30 bits per heavy atom. The van der Waals surface area contributed by atoms with E-state index >= 15 is 0 Å². The summed E-state index contributed by atoms with van der Waals surface area (Å²) in [7, 11) is 0. The molecule has 1 aliphatic heterocycles. The van der Waals surface area contributed by atoms with Crippen LogP contribution < -0.4 is 5.73 Å². The molecule has 0 aliphatic carbocycles. The van der Waals surface area contributed by atoms with Crippen molar-refractivity contribution in [2.24, 2.45) is 0 Å². The molecule has 1 saturated heterocycles. The Labute approximate surface area is 118 Å². The molecule has 0 aromatic heterocycles. The summed E-state index contributed by atoms with van der Waals surface area (Å²) < 4.78 is 5.66. The van der Waals surface area contributed by atoms with Crippen LogP contribution in [0.5, 0.6) is 0 Å². The molecule has 20 heavy (non-hydrogen) atoms. The molecule has 1 aromatic carbocycles.